The molecule has 0 fully saturated rings. The van der Waals surface area contributed by atoms with E-state index in [1.165, 1.54) is 72.3 Å². The third kappa shape index (κ3) is 4.49. The zero-order valence-corrected chi connectivity index (χ0v) is 32.4. The van der Waals surface area contributed by atoms with E-state index in [2.05, 4.69) is 208 Å². The second-order valence-corrected chi connectivity index (χ2v) is 16.5. The Kier molecular flexibility index (Phi) is 6.93. The van der Waals surface area contributed by atoms with Gasteiger partial charge in [0.25, 0.3) is 0 Å². The molecule has 3 aliphatic carbocycles. The van der Waals surface area contributed by atoms with Crippen LogP contribution in [0.15, 0.2) is 194 Å². The first-order chi connectivity index (χ1) is 28.5. The molecule has 0 aliphatic heterocycles. The van der Waals surface area contributed by atoms with Gasteiger partial charge in [0.15, 0.2) is 5.82 Å². The molecule has 8 aromatic carbocycles. The molecule has 0 saturated carbocycles. The summed E-state index contributed by atoms with van der Waals surface area (Å²) >= 11 is 0. The van der Waals surface area contributed by atoms with Gasteiger partial charge in [-0.3, -0.25) is 0 Å². The fraction of sp³-hybridized carbons (Fsp3) is 0.0714. The lowest BCUT2D eigenvalue weighted by molar-refractivity contribution is 0.660. The van der Waals surface area contributed by atoms with Crippen LogP contribution in [-0.2, 0) is 10.8 Å². The molecule has 272 valence electrons. The molecule has 1 heterocycles. The fourth-order valence-corrected chi connectivity index (χ4v) is 10.6. The van der Waals surface area contributed by atoms with E-state index in [1.807, 2.05) is 0 Å². The predicted molar refractivity (Wildman–Crippen MR) is 238 cm³/mol. The van der Waals surface area contributed by atoms with Crippen molar-refractivity contribution in [3.05, 3.63) is 228 Å². The lowest BCUT2D eigenvalue weighted by atomic mass is 9.70. The molecule has 9 aromatic rings. The standard InChI is InChI=1S/C56H38N2/c1-55(2)45-25-10-6-20-40(45)43-31-30-37(33-50(43)55)52-34-51(35-16-4-3-5-17-35)57-54(58-52)38-19-14-18-36(32-38)39-24-15-29-49-53(39)44-23-9-13-28-48(44)56(49)46-26-11-7-21-41(46)42-22-8-12-27-47(42)56/h3-34H,1-2H3. The molecule has 3 aliphatic rings. The van der Waals surface area contributed by atoms with E-state index in [4.69, 9.17) is 9.97 Å². The maximum atomic E-state index is 5.36. The van der Waals surface area contributed by atoms with E-state index in [0.717, 1.165) is 33.6 Å². The van der Waals surface area contributed by atoms with Crippen LogP contribution >= 0.6 is 0 Å². The van der Waals surface area contributed by atoms with Gasteiger partial charge < -0.3 is 0 Å². The molecule has 0 bridgehead atoms. The Balaban J connectivity index is 1.03. The van der Waals surface area contributed by atoms with E-state index in [9.17, 15) is 0 Å². The maximum absolute atomic E-state index is 5.36. The van der Waals surface area contributed by atoms with Crippen LogP contribution < -0.4 is 0 Å². The highest BCUT2D eigenvalue weighted by Crippen LogP contribution is 2.64. The van der Waals surface area contributed by atoms with Crippen molar-refractivity contribution in [2.75, 3.05) is 0 Å². The van der Waals surface area contributed by atoms with Gasteiger partial charge >= 0.3 is 0 Å². The average Bonchev–Trinajstić information content (AvgIpc) is 3.85. The third-order valence-corrected chi connectivity index (χ3v) is 13.1. The number of hydrogen-bond donors (Lipinski definition) is 0. The van der Waals surface area contributed by atoms with Crippen LogP contribution in [0.1, 0.15) is 47.2 Å². The van der Waals surface area contributed by atoms with Gasteiger partial charge in [0, 0.05) is 22.1 Å². The summed E-state index contributed by atoms with van der Waals surface area (Å²) < 4.78 is 0. The van der Waals surface area contributed by atoms with Crippen molar-refractivity contribution < 1.29 is 0 Å². The van der Waals surface area contributed by atoms with E-state index < -0.39 is 0 Å². The number of rotatable bonds is 4. The predicted octanol–water partition coefficient (Wildman–Crippen LogP) is 13.8. The van der Waals surface area contributed by atoms with Crippen LogP contribution in [0.4, 0.5) is 0 Å². The normalized spacial score (nSPS) is 14.3. The summed E-state index contributed by atoms with van der Waals surface area (Å²) in [5.41, 5.74) is 22.8. The van der Waals surface area contributed by atoms with E-state index >= 15 is 0 Å². The highest BCUT2D eigenvalue weighted by atomic mass is 14.9. The van der Waals surface area contributed by atoms with Gasteiger partial charge in [-0.15, -0.1) is 0 Å². The zero-order chi connectivity index (χ0) is 38.6. The van der Waals surface area contributed by atoms with Crippen LogP contribution in [0, 0.1) is 0 Å². The van der Waals surface area contributed by atoms with Crippen molar-refractivity contribution in [3.63, 3.8) is 0 Å². The quantitative estimate of drug-likeness (QED) is 0.180. The van der Waals surface area contributed by atoms with Crippen LogP contribution in [0.2, 0.25) is 0 Å². The summed E-state index contributed by atoms with van der Waals surface area (Å²) in [7, 11) is 0. The molecule has 2 nitrogen and oxygen atoms in total. The van der Waals surface area contributed by atoms with Crippen molar-refractivity contribution in [2.24, 2.45) is 0 Å². The van der Waals surface area contributed by atoms with Crippen LogP contribution in [0.5, 0.6) is 0 Å². The summed E-state index contributed by atoms with van der Waals surface area (Å²) in [6.07, 6.45) is 0. The lowest BCUT2D eigenvalue weighted by Crippen LogP contribution is -2.25. The fourth-order valence-electron chi connectivity index (χ4n) is 10.6. The Labute approximate surface area is 339 Å². The zero-order valence-electron chi connectivity index (χ0n) is 32.4. The van der Waals surface area contributed by atoms with Gasteiger partial charge in [0.1, 0.15) is 0 Å². The molecule has 0 unspecified atom stereocenters. The SMILES string of the molecule is CC1(C)c2ccccc2-c2ccc(-c3cc(-c4ccccc4)nc(-c4cccc(-c5cccc6c5-c5ccccc5C65c6ccccc6-c6ccccc65)c4)n3)cc21. The van der Waals surface area contributed by atoms with Crippen LogP contribution in [0.3, 0.4) is 0 Å². The summed E-state index contributed by atoms with van der Waals surface area (Å²) in [4.78, 5) is 10.6. The number of fused-ring (bicyclic) bond motifs is 13. The first-order valence-corrected chi connectivity index (χ1v) is 20.2. The summed E-state index contributed by atoms with van der Waals surface area (Å²) in [6, 6.07) is 71.1. The Morgan fingerprint density at radius 1 is 0.310 bits per heavy atom. The minimum absolute atomic E-state index is 0.107. The molecule has 1 aromatic heterocycles. The van der Waals surface area contributed by atoms with Crippen LogP contribution in [-0.4, -0.2) is 9.97 Å². The molecule has 0 saturated heterocycles. The Hall–Kier alpha value is -7.16. The van der Waals surface area contributed by atoms with Gasteiger partial charge in [0.2, 0.25) is 0 Å². The second-order valence-electron chi connectivity index (χ2n) is 16.5. The molecule has 0 atom stereocenters. The van der Waals surface area contributed by atoms with Gasteiger partial charge in [0.05, 0.1) is 16.8 Å². The lowest BCUT2D eigenvalue weighted by Gasteiger charge is -2.30. The smallest absolute Gasteiger partial charge is 0.160 e. The third-order valence-electron chi connectivity index (χ3n) is 13.1. The number of nitrogens with zero attached hydrogens (tertiary/aromatic N) is 2. The van der Waals surface area contributed by atoms with E-state index in [1.54, 1.807) is 0 Å². The number of benzene rings is 8. The van der Waals surface area contributed by atoms with Crippen molar-refractivity contribution in [1.29, 1.82) is 0 Å². The van der Waals surface area contributed by atoms with Gasteiger partial charge in [-0.25, -0.2) is 9.97 Å². The molecular weight excluding hydrogens is 701 g/mol. The van der Waals surface area contributed by atoms with E-state index in [0.29, 0.717) is 5.82 Å². The average molecular weight is 739 g/mol. The maximum Gasteiger partial charge on any atom is 0.160 e. The Morgan fingerprint density at radius 3 is 1.50 bits per heavy atom. The second kappa shape index (κ2) is 12.2. The largest absolute Gasteiger partial charge is 0.228 e. The minimum atomic E-state index is -0.388. The Bertz CT molecular complexity index is 3110. The summed E-state index contributed by atoms with van der Waals surface area (Å²) in [6.45, 7) is 4.66. The Morgan fingerprint density at radius 2 is 0.793 bits per heavy atom. The topological polar surface area (TPSA) is 25.8 Å². The van der Waals surface area contributed by atoms with E-state index in [-0.39, 0.29) is 10.8 Å². The monoisotopic (exact) mass is 738 g/mol. The molecular formula is C56H38N2. The van der Waals surface area contributed by atoms with Gasteiger partial charge in [-0.1, -0.05) is 190 Å². The van der Waals surface area contributed by atoms with Gasteiger partial charge in [-0.05, 0) is 96.1 Å². The van der Waals surface area contributed by atoms with Crippen molar-refractivity contribution >= 4 is 0 Å². The first kappa shape index (κ1) is 33.0. The number of aromatic nitrogens is 2. The minimum Gasteiger partial charge on any atom is -0.228 e. The highest BCUT2D eigenvalue weighted by Gasteiger charge is 2.52. The van der Waals surface area contributed by atoms with Crippen molar-refractivity contribution in [2.45, 2.75) is 24.7 Å². The van der Waals surface area contributed by atoms with Crippen molar-refractivity contribution in [3.8, 4) is 78.4 Å². The highest BCUT2D eigenvalue weighted by molar-refractivity contribution is 6.00. The van der Waals surface area contributed by atoms with Crippen LogP contribution in [0.25, 0.3) is 78.4 Å². The molecule has 12 rings (SSSR count). The molecule has 58 heavy (non-hydrogen) atoms. The summed E-state index contributed by atoms with van der Waals surface area (Å²) in [5, 5.41) is 0. The first-order valence-electron chi connectivity index (χ1n) is 20.2. The number of hydrogen-bond acceptors (Lipinski definition) is 2. The molecule has 1 spiro atoms. The van der Waals surface area contributed by atoms with Gasteiger partial charge in [-0.2, -0.15) is 0 Å². The molecule has 0 N–H and O–H groups in total. The molecule has 2 heteroatoms. The summed E-state index contributed by atoms with van der Waals surface area (Å²) in [5.74, 6) is 0.712. The van der Waals surface area contributed by atoms with Crippen molar-refractivity contribution in [1.82, 2.24) is 9.97 Å². The molecule has 0 amide bonds. The molecule has 0 radical (unpaired) electrons.